The summed E-state index contributed by atoms with van der Waals surface area (Å²) in [5, 5.41) is 6.40. The molecule has 0 aromatic rings. The molecule has 3 nitrogen and oxygen atoms in total. The third-order valence-corrected chi connectivity index (χ3v) is 4.00. The summed E-state index contributed by atoms with van der Waals surface area (Å²) in [4.78, 5) is 11.9. The zero-order valence-electron chi connectivity index (χ0n) is 10.3. The van der Waals surface area contributed by atoms with Crippen molar-refractivity contribution in [1.82, 2.24) is 10.6 Å². The Bertz CT molecular complexity index is 236. The summed E-state index contributed by atoms with van der Waals surface area (Å²) in [6, 6.07) is 0.0765. The van der Waals surface area contributed by atoms with Crippen molar-refractivity contribution >= 4 is 5.91 Å². The van der Waals surface area contributed by atoms with Crippen molar-refractivity contribution in [3.63, 3.8) is 0 Å². The van der Waals surface area contributed by atoms with Crippen LogP contribution in [-0.2, 0) is 4.79 Å². The van der Waals surface area contributed by atoms with Gasteiger partial charge in [-0.25, -0.2) is 0 Å². The van der Waals surface area contributed by atoms with Crippen LogP contribution in [-0.4, -0.2) is 25.0 Å². The molecule has 1 aliphatic carbocycles. The Balaban J connectivity index is 1.66. The van der Waals surface area contributed by atoms with Crippen LogP contribution >= 0.6 is 0 Å². The number of hydrogen-bond donors (Lipinski definition) is 2. The van der Waals surface area contributed by atoms with Crippen LogP contribution in [0.5, 0.6) is 0 Å². The maximum absolute atomic E-state index is 11.9. The molecular formula is C13H24N2O. The van der Waals surface area contributed by atoms with Gasteiger partial charge >= 0.3 is 0 Å². The van der Waals surface area contributed by atoms with E-state index in [0.717, 1.165) is 31.3 Å². The van der Waals surface area contributed by atoms with Gasteiger partial charge in [0.15, 0.2) is 0 Å². The van der Waals surface area contributed by atoms with E-state index in [1.165, 1.54) is 32.1 Å². The first-order chi connectivity index (χ1) is 7.75. The van der Waals surface area contributed by atoms with Gasteiger partial charge in [-0.3, -0.25) is 4.79 Å². The van der Waals surface area contributed by atoms with E-state index in [0.29, 0.717) is 0 Å². The fraction of sp³-hybridized carbons (Fsp3) is 0.923. The van der Waals surface area contributed by atoms with Crippen LogP contribution in [0.25, 0.3) is 0 Å². The number of carbonyl (C=O) groups is 1. The van der Waals surface area contributed by atoms with Crippen LogP contribution in [0, 0.1) is 11.8 Å². The Kier molecular flexibility index (Phi) is 4.22. The number of carbonyl (C=O) groups excluding carboxylic acids is 1. The molecule has 3 heteroatoms. The van der Waals surface area contributed by atoms with Gasteiger partial charge in [0.2, 0.25) is 5.91 Å². The second kappa shape index (κ2) is 5.67. The maximum Gasteiger partial charge on any atom is 0.237 e. The lowest BCUT2D eigenvalue weighted by atomic mass is 10.0. The maximum atomic E-state index is 11.9. The van der Waals surface area contributed by atoms with Crippen molar-refractivity contribution in [1.29, 1.82) is 0 Å². The van der Waals surface area contributed by atoms with E-state index in [9.17, 15) is 4.79 Å². The minimum absolute atomic E-state index is 0.0765. The minimum Gasteiger partial charge on any atom is -0.354 e. The summed E-state index contributed by atoms with van der Waals surface area (Å²) >= 11 is 0. The summed E-state index contributed by atoms with van der Waals surface area (Å²) in [5.41, 5.74) is 0. The van der Waals surface area contributed by atoms with Crippen LogP contribution in [0.15, 0.2) is 0 Å². The number of amides is 1. The van der Waals surface area contributed by atoms with E-state index in [1.54, 1.807) is 0 Å². The molecule has 1 saturated carbocycles. The largest absolute Gasteiger partial charge is 0.354 e. The van der Waals surface area contributed by atoms with Crippen LogP contribution in [0.1, 0.15) is 45.4 Å². The Morgan fingerprint density at radius 1 is 1.31 bits per heavy atom. The number of nitrogens with one attached hydrogen (secondary N) is 2. The molecule has 2 rings (SSSR count). The van der Waals surface area contributed by atoms with Crippen molar-refractivity contribution < 1.29 is 4.79 Å². The van der Waals surface area contributed by atoms with Gasteiger partial charge in [-0.05, 0) is 44.1 Å². The lowest BCUT2D eigenvalue weighted by Gasteiger charge is -2.23. The molecule has 1 aliphatic heterocycles. The molecule has 92 valence electrons. The Morgan fingerprint density at radius 3 is 2.81 bits per heavy atom. The summed E-state index contributed by atoms with van der Waals surface area (Å²) < 4.78 is 0. The zero-order valence-corrected chi connectivity index (χ0v) is 10.3. The molecule has 2 unspecified atom stereocenters. The molecule has 16 heavy (non-hydrogen) atoms. The second-order valence-electron chi connectivity index (χ2n) is 5.53. The highest BCUT2D eigenvalue weighted by Crippen LogP contribution is 2.29. The normalized spacial score (nSPS) is 34.9. The topological polar surface area (TPSA) is 41.1 Å². The van der Waals surface area contributed by atoms with E-state index >= 15 is 0 Å². The smallest absolute Gasteiger partial charge is 0.237 e. The van der Waals surface area contributed by atoms with E-state index in [2.05, 4.69) is 17.6 Å². The second-order valence-corrected chi connectivity index (χ2v) is 5.53. The average molecular weight is 224 g/mol. The molecule has 0 spiro atoms. The Labute approximate surface area is 98.4 Å². The molecule has 1 saturated heterocycles. The van der Waals surface area contributed by atoms with Crippen molar-refractivity contribution in [2.75, 3.05) is 13.1 Å². The van der Waals surface area contributed by atoms with Gasteiger partial charge in [0.1, 0.15) is 0 Å². The summed E-state index contributed by atoms with van der Waals surface area (Å²) in [6.45, 7) is 4.20. The molecule has 0 bridgehead atoms. The van der Waals surface area contributed by atoms with Crippen molar-refractivity contribution in [2.45, 2.75) is 51.5 Å². The van der Waals surface area contributed by atoms with Crippen molar-refractivity contribution in [2.24, 2.45) is 11.8 Å². The quantitative estimate of drug-likeness (QED) is 0.766. The molecule has 2 N–H and O–H groups in total. The predicted molar refractivity (Wildman–Crippen MR) is 65.2 cm³/mol. The number of piperidine rings is 1. The molecule has 0 aromatic carbocycles. The average Bonchev–Trinajstić information content (AvgIpc) is 2.73. The van der Waals surface area contributed by atoms with E-state index in [4.69, 9.17) is 0 Å². The van der Waals surface area contributed by atoms with Gasteiger partial charge in [0.25, 0.3) is 0 Å². The molecule has 2 aliphatic rings. The van der Waals surface area contributed by atoms with Gasteiger partial charge in [-0.15, -0.1) is 0 Å². The van der Waals surface area contributed by atoms with Gasteiger partial charge in [0, 0.05) is 6.54 Å². The van der Waals surface area contributed by atoms with Gasteiger partial charge in [-0.1, -0.05) is 19.8 Å². The molecule has 0 aromatic heterocycles. The first-order valence-electron chi connectivity index (χ1n) is 6.77. The molecule has 1 heterocycles. The first-order valence-corrected chi connectivity index (χ1v) is 6.77. The SMILES string of the molecule is CC1CCC(CNC(=O)[C@H]2CCCCN2)C1. The fourth-order valence-electron chi connectivity index (χ4n) is 2.95. The molecule has 2 fully saturated rings. The summed E-state index contributed by atoms with van der Waals surface area (Å²) in [5.74, 6) is 1.80. The lowest BCUT2D eigenvalue weighted by molar-refractivity contribution is -0.123. The highest BCUT2D eigenvalue weighted by atomic mass is 16.2. The van der Waals surface area contributed by atoms with Gasteiger partial charge < -0.3 is 10.6 Å². The summed E-state index contributed by atoms with van der Waals surface area (Å²) in [6.07, 6.45) is 7.32. The highest BCUT2D eigenvalue weighted by molar-refractivity contribution is 5.81. The summed E-state index contributed by atoms with van der Waals surface area (Å²) in [7, 11) is 0. The van der Waals surface area contributed by atoms with Gasteiger partial charge in [0.05, 0.1) is 6.04 Å². The predicted octanol–water partition coefficient (Wildman–Crippen LogP) is 1.68. The van der Waals surface area contributed by atoms with Crippen LogP contribution in [0.4, 0.5) is 0 Å². The molecule has 1 amide bonds. The third-order valence-electron chi connectivity index (χ3n) is 4.00. The van der Waals surface area contributed by atoms with Crippen LogP contribution in [0.2, 0.25) is 0 Å². The van der Waals surface area contributed by atoms with E-state index in [-0.39, 0.29) is 11.9 Å². The Hall–Kier alpha value is -0.570. The highest BCUT2D eigenvalue weighted by Gasteiger charge is 2.24. The van der Waals surface area contributed by atoms with E-state index < -0.39 is 0 Å². The number of hydrogen-bond acceptors (Lipinski definition) is 2. The molecule has 3 atom stereocenters. The van der Waals surface area contributed by atoms with Crippen molar-refractivity contribution in [3.05, 3.63) is 0 Å². The zero-order chi connectivity index (χ0) is 11.4. The Morgan fingerprint density at radius 2 is 2.19 bits per heavy atom. The standard InChI is InChI=1S/C13H24N2O/c1-10-5-6-11(8-10)9-15-13(16)12-4-2-3-7-14-12/h10-12,14H,2-9H2,1H3,(H,15,16)/t10?,11?,12-/m1/s1. The fourth-order valence-corrected chi connectivity index (χ4v) is 2.95. The van der Waals surface area contributed by atoms with Crippen LogP contribution < -0.4 is 10.6 Å². The minimum atomic E-state index is 0.0765. The third kappa shape index (κ3) is 3.21. The van der Waals surface area contributed by atoms with Crippen LogP contribution in [0.3, 0.4) is 0 Å². The van der Waals surface area contributed by atoms with Crippen molar-refractivity contribution in [3.8, 4) is 0 Å². The molecular weight excluding hydrogens is 200 g/mol. The molecule has 0 radical (unpaired) electrons. The first kappa shape index (κ1) is 11.9. The van der Waals surface area contributed by atoms with E-state index in [1.807, 2.05) is 0 Å². The monoisotopic (exact) mass is 224 g/mol. The number of rotatable bonds is 3. The van der Waals surface area contributed by atoms with Gasteiger partial charge in [-0.2, -0.15) is 0 Å². The lowest BCUT2D eigenvalue weighted by Crippen LogP contribution is -2.47.